The Labute approximate surface area is 172 Å². The second kappa shape index (κ2) is 6.66. The summed E-state index contributed by atoms with van der Waals surface area (Å²) in [6.07, 6.45) is 0.850. The molecular weight excluding hydrogens is 361 g/mol. The highest BCUT2D eigenvalue weighted by Crippen LogP contribution is 2.32. The average Bonchev–Trinajstić information content (AvgIpc) is 3.40. The Morgan fingerprint density at radius 2 is 2.14 bits per heavy atom. The van der Waals surface area contributed by atoms with Crippen molar-refractivity contribution < 1.29 is 20.1 Å². The number of aromatic nitrogens is 7. The highest BCUT2D eigenvalue weighted by molar-refractivity contribution is 5.60. The number of hydrogen-bond donors (Lipinski definition) is 0. The van der Waals surface area contributed by atoms with Crippen molar-refractivity contribution in [3.8, 4) is 17.3 Å². The molecule has 0 saturated heterocycles. The molecule has 4 aromatic rings. The number of benzene rings is 1. The highest BCUT2D eigenvalue weighted by Gasteiger charge is 2.24. The van der Waals surface area contributed by atoms with Crippen molar-refractivity contribution in [3.05, 3.63) is 53.9 Å². The summed E-state index contributed by atoms with van der Waals surface area (Å²) in [6, 6.07) is 7.00. The summed E-state index contributed by atoms with van der Waals surface area (Å²) in [7, 11) is 0. The zero-order valence-corrected chi connectivity index (χ0v) is 14.9. The van der Waals surface area contributed by atoms with Crippen molar-refractivity contribution in [1.29, 1.82) is 0 Å². The van der Waals surface area contributed by atoms with Crippen molar-refractivity contribution in [2.24, 2.45) is 6.98 Å². The molecule has 0 bridgehead atoms. The van der Waals surface area contributed by atoms with Gasteiger partial charge in [0.05, 0.1) is 8.30 Å². The van der Waals surface area contributed by atoms with Gasteiger partial charge in [-0.25, -0.2) is 9.37 Å². The minimum atomic E-state index is -2.92. The zero-order chi connectivity index (χ0) is 26.7. The molecule has 0 amide bonds. The molecule has 0 atom stereocenters. The first kappa shape index (κ1) is 10.8. The van der Waals surface area contributed by atoms with E-state index in [2.05, 4.69) is 25.4 Å². The maximum Gasteiger partial charge on any atom is 0.236 e. The normalized spacial score (nSPS) is 17.5. The van der Waals surface area contributed by atoms with E-state index in [1.807, 2.05) is 0 Å². The largest absolute Gasteiger partial charge is 0.468 e. The molecule has 1 aromatic carbocycles. The van der Waals surface area contributed by atoms with Crippen LogP contribution in [0, 0.1) is 5.82 Å². The van der Waals surface area contributed by atoms with E-state index in [9.17, 15) is 4.39 Å². The molecule has 8 nitrogen and oxygen atoms in total. The lowest BCUT2D eigenvalue weighted by Crippen LogP contribution is -2.17. The van der Waals surface area contributed by atoms with Crippen LogP contribution < -0.4 is 4.74 Å². The van der Waals surface area contributed by atoms with Gasteiger partial charge in [0.2, 0.25) is 5.88 Å². The van der Waals surface area contributed by atoms with Crippen LogP contribution in [0.1, 0.15) is 43.1 Å². The lowest BCUT2D eigenvalue weighted by atomic mass is 9.88. The van der Waals surface area contributed by atoms with Crippen LogP contribution in [-0.4, -0.2) is 34.6 Å². The number of aryl methyl sites for hydroxylation is 1. The van der Waals surface area contributed by atoms with Gasteiger partial charge in [-0.05, 0) is 23.6 Å². The predicted molar refractivity (Wildman–Crippen MR) is 100 cm³/mol. The van der Waals surface area contributed by atoms with Crippen LogP contribution in [0.5, 0.6) is 5.88 Å². The quantitative estimate of drug-likeness (QED) is 0.534. The maximum absolute atomic E-state index is 14.5. The van der Waals surface area contributed by atoms with E-state index < -0.39 is 43.3 Å². The van der Waals surface area contributed by atoms with Crippen LogP contribution in [0.2, 0.25) is 0 Å². The Morgan fingerprint density at radius 3 is 2.93 bits per heavy atom. The maximum atomic E-state index is 14.5. The lowest BCUT2D eigenvalue weighted by Gasteiger charge is -2.21. The van der Waals surface area contributed by atoms with Gasteiger partial charge in [0.1, 0.15) is 18.7 Å². The first-order chi connectivity index (χ1) is 16.5. The number of ether oxygens (including phenoxy) is 1. The second-order valence-corrected chi connectivity index (χ2v) is 6.46. The second-order valence-electron chi connectivity index (χ2n) is 6.46. The Bertz CT molecular complexity index is 1430. The first-order valence-electron chi connectivity index (χ1n) is 12.2. The van der Waals surface area contributed by atoms with E-state index in [1.165, 1.54) is 38.1 Å². The molecule has 0 unspecified atom stereocenters. The molecule has 3 aromatic heterocycles. The van der Waals surface area contributed by atoms with Gasteiger partial charge < -0.3 is 4.74 Å². The van der Waals surface area contributed by atoms with Crippen molar-refractivity contribution >= 4 is 5.65 Å². The van der Waals surface area contributed by atoms with Gasteiger partial charge in [-0.3, -0.25) is 4.68 Å². The van der Waals surface area contributed by atoms with E-state index in [-0.39, 0.29) is 22.6 Å². The molecule has 4 rings (SSSR count). The number of fused-ring (bicyclic) bond motifs is 1. The van der Waals surface area contributed by atoms with E-state index >= 15 is 0 Å². The van der Waals surface area contributed by atoms with Crippen molar-refractivity contribution in [2.75, 3.05) is 0 Å². The molecule has 0 spiro atoms. The van der Waals surface area contributed by atoms with E-state index in [0.717, 1.165) is 10.8 Å². The molecule has 0 aliphatic carbocycles. The molecule has 0 fully saturated rings. The number of hydrogen-bond acceptors (Lipinski definition) is 6. The summed E-state index contributed by atoms with van der Waals surface area (Å²) in [4.78, 5) is 3.69. The minimum Gasteiger partial charge on any atom is -0.468 e. The molecule has 3 heterocycles. The fourth-order valence-electron chi connectivity index (χ4n) is 2.55. The molecule has 0 radical (unpaired) electrons. The average molecular weight is 389 g/mol. The highest BCUT2D eigenvalue weighted by atomic mass is 19.1. The van der Waals surface area contributed by atoms with Gasteiger partial charge in [-0.1, -0.05) is 32.8 Å². The molecule has 0 aliphatic rings. The SMILES string of the molecule is [2H]C([2H])(Oc1nn2c(-c3ccccc3F)nnc2cc1C(C)(C)C([2H])([2H])[2H])c1ncnn1C([2H])([2H])[2H]. The zero-order valence-electron chi connectivity index (χ0n) is 22.9. The predicted octanol–water partition coefficient (Wildman–Crippen LogP) is 2.94. The summed E-state index contributed by atoms with van der Waals surface area (Å²) in [5, 5.41) is 15.7. The third-order valence-electron chi connectivity index (χ3n) is 3.93. The Morgan fingerprint density at radius 1 is 1.29 bits per heavy atom. The van der Waals surface area contributed by atoms with Gasteiger partial charge in [0.25, 0.3) is 0 Å². The molecule has 0 aliphatic heterocycles. The van der Waals surface area contributed by atoms with Gasteiger partial charge in [0, 0.05) is 20.8 Å². The topological polar surface area (TPSA) is 83.0 Å². The molecule has 9 heteroatoms. The summed E-state index contributed by atoms with van der Waals surface area (Å²) < 4.78 is 85.0. The number of nitrogens with zero attached hydrogens (tertiary/aromatic N) is 7. The van der Waals surface area contributed by atoms with Crippen LogP contribution >= 0.6 is 0 Å². The van der Waals surface area contributed by atoms with E-state index in [1.54, 1.807) is 6.07 Å². The Balaban J connectivity index is 1.94. The molecular formula is C19H20FN7O. The third kappa shape index (κ3) is 3.19. The fraction of sp³-hybridized carbons (Fsp3) is 0.316. The monoisotopic (exact) mass is 389 g/mol. The van der Waals surface area contributed by atoms with Crippen LogP contribution in [0.4, 0.5) is 4.39 Å². The lowest BCUT2D eigenvalue weighted by molar-refractivity contribution is 0.266. The van der Waals surface area contributed by atoms with Crippen LogP contribution in [0.15, 0.2) is 36.7 Å². The van der Waals surface area contributed by atoms with Crippen LogP contribution in [0.25, 0.3) is 17.0 Å². The van der Waals surface area contributed by atoms with Gasteiger partial charge in [-0.15, -0.1) is 15.3 Å². The summed E-state index contributed by atoms with van der Waals surface area (Å²) in [6.45, 7) is -5.61. The van der Waals surface area contributed by atoms with Crippen molar-refractivity contribution in [2.45, 2.75) is 32.7 Å². The van der Waals surface area contributed by atoms with E-state index in [0.29, 0.717) is 4.68 Å². The van der Waals surface area contributed by atoms with Crippen LogP contribution in [0.3, 0.4) is 0 Å². The number of halogens is 1. The molecule has 28 heavy (non-hydrogen) atoms. The Hall–Kier alpha value is -3.36. The third-order valence-corrected chi connectivity index (χ3v) is 3.93. The standard InChI is InChI=1S/C19H20FN7O/c1-19(2,3)13-9-15-23-24-17(12-7-5-6-8-14(12)20)27(15)25-18(13)28-10-16-21-11-22-26(16)4/h5-9,11H,10H2,1-4H3/i1D3,4D3,10D2. The summed E-state index contributed by atoms with van der Waals surface area (Å²) >= 11 is 0. The fourth-order valence-corrected chi connectivity index (χ4v) is 2.55. The summed E-state index contributed by atoms with van der Waals surface area (Å²) in [5.41, 5.74) is -1.60. The van der Waals surface area contributed by atoms with Gasteiger partial charge >= 0.3 is 0 Å². The molecule has 0 saturated carbocycles. The van der Waals surface area contributed by atoms with Gasteiger partial charge in [-0.2, -0.15) is 9.61 Å². The number of rotatable bonds is 4. The van der Waals surface area contributed by atoms with Crippen molar-refractivity contribution in [1.82, 2.24) is 34.6 Å². The van der Waals surface area contributed by atoms with Crippen LogP contribution in [-0.2, 0) is 18.9 Å². The molecule has 144 valence electrons. The first-order valence-corrected chi connectivity index (χ1v) is 8.16. The smallest absolute Gasteiger partial charge is 0.236 e. The summed E-state index contributed by atoms with van der Waals surface area (Å²) in [5.74, 6) is -1.87. The molecule has 0 N–H and O–H groups in total. The van der Waals surface area contributed by atoms with E-state index in [4.69, 9.17) is 15.7 Å². The van der Waals surface area contributed by atoms with Gasteiger partial charge in [0.15, 0.2) is 17.3 Å². The minimum absolute atomic E-state index is 0.0384. The van der Waals surface area contributed by atoms with Crippen molar-refractivity contribution in [3.63, 3.8) is 0 Å². The Kier molecular flexibility index (Phi) is 2.58.